The standard InChI is InChI=1S/C24H40N3O16PS/c1-12-13(28)9-24(22(33)34,42-20(12)17(30)14(29)11-45-8-7-39-6-5-38-2)43-44(36,37)40-10-15-18(31)19(32)21(41-15)27-4-3-16(25)26-23(27)35/h3-4,12-15,17-21,28-32H,5-11H2,1-2H3,(H,33,34)(H,36,37)(H2,25,26,35)/t12-,13-,14-,15?,17-,18-,19-,20?,21?,24-/m1/s1. The number of nitrogens with two attached hydrogens (primary N) is 1. The number of hydrogen-bond acceptors (Lipinski definition) is 17. The van der Waals surface area contributed by atoms with Crippen molar-refractivity contribution in [2.75, 3.05) is 50.8 Å². The van der Waals surface area contributed by atoms with Gasteiger partial charge in [-0.05, 0) is 6.07 Å². The Labute approximate surface area is 261 Å². The number of rotatable bonds is 17. The number of thioether (sulfide) groups is 1. The van der Waals surface area contributed by atoms with Crippen LogP contribution in [0.5, 0.6) is 0 Å². The molecule has 0 bridgehead atoms. The normalized spacial score (nSPS) is 33.0. The lowest BCUT2D eigenvalue weighted by molar-refractivity contribution is -0.294. The maximum absolute atomic E-state index is 12.9. The number of phosphoric acid groups is 1. The Morgan fingerprint density at radius 2 is 1.98 bits per heavy atom. The maximum atomic E-state index is 12.9. The first-order valence-electron chi connectivity index (χ1n) is 13.8. The van der Waals surface area contributed by atoms with Crippen LogP contribution in [0.2, 0.25) is 0 Å². The summed E-state index contributed by atoms with van der Waals surface area (Å²) in [6.07, 6.45) is -12.5. The molecule has 2 aliphatic heterocycles. The highest BCUT2D eigenvalue weighted by molar-refractivity contribution is 7.99. The van der Waals surface area contributed by atoms with Gasteiger partial charge in [-0.2, -0.15) is 16.7 Å². The van der Waals surface area contributed by atoms with Gasteiger partial charge >= 0.3 is 19.5 Å². The van der Waals surface area contributed by atoms with E-state index in [1.165, 1.54) is 31.9 Å². The molecule has 2 fully saturated rings. The minimum absolute atomic E-state index is 0.0187. The quantitative estimate of drug-likeness (QED) is 0.0608. The molecule has 3 heterocycles. The fourth-order valence-corrected chi connectivity index (χ4v) is 6.45. The van der Waals surface area contributed by atoms with E-state index in [-0.39, 0.29) is 11.6 Å². The summed E-state index contributed by atoms with van der Waals surface area (Å²) >= 11 is 1.22. The second-order valence-electron chi connectivity index (χ2n) is 10.5. The predicted molar refractivity (Wildman–Crippen MR) is 153 cm³/mol. The van der Waals surface area contributed by atoms with Gasteiger partial charge in [0.05, 0.1) is 44.7 Å². The minimum Gasteiger partial charge on any atom is -0.477 e. The lowest BCUT2D eigenvalue weighted by Crippen LogP contribution is -2.60. The van der Waals surface area contributed by atoms with Crippen LogP contribution in [0.3, 0.4) is 0 Å². The summed E-state index contributed by atoms with van der Waals surface area (Å²) in [4.78, 5) is 38.4. The number of anilines is 1. The molecular formula is C24H40N3O16PS. The largest absolute Gasteiger partial charge is 0.477 e. The molecule has 0 aliphatic carbocycles. The van der Waals surface area contributed by atoms with Gasteiger partial charge < -0.3 is 60.2 Å². The van der Waals surface area contributed by atoms with Crippen molar-refractivity contribution in [2.45, 2.75) is 68.1 Å². The average Bonchev–Trinajstić information content (AvgIpc) is 3.25. The SMILES string of the molecule is COCCOCCSC[C@@H](O)[C@@H](O)C1O[C@](OP(=O)(O)OCC2OC(n3ccc(N)nc3=O)[C@H](O)[C@@H]2O)(C(=O)O)C[C@@H](O)[C@H]1C. The molecular weight excluding hydrogens is 649 g/mol. The minimum atomic E-state index is -5.41. The van der Waals surface area contributed by atoms with Gasteiger partial charge in [0.15, 0.2) is 6.23 Å². The van der Waals surface area contributed by atoms with Crippen molar-refractivity contribution >= 4 is 31.4 Å². The highest BCUT2D eigenvalue weighted by Gasteiger charge is 2.57. The number of ether oxygens (including phenoxy) is 4. The second-order valence-corrected chi connectivity index (χ2v) is 13.0. The highest BCUT2D eigenvalue weighted by atomic mass is 32.2. The van der Waals surface area contributed by atoms with E-state index in [1.54, 1.807) is 0 Å². The van der Waals surface area contributed by atoms with E-state index in [1.807, 2.05) is 0 Å². The topological polar surface area (TPSA) is 292 Å². The predicted octanol–water partition coefficient (Wildman–Crippen LogP) is -2.74. The first kappa shape index (κ1) is 37.7. The van der Waals surface area contributed by atoms with Gasteiger partial charge in [-0.3, -0.25) is 9.09 Å². The van der Waals surface area contributed by atoms with Crippen LogP contribution >= 0.6 is 19.6 Å². The first-order chi connectivity index (χ1) is 21.1. The van der Waals surface area contributed by atoms with Crippen molar-refractivity contribution in [1.82, 2.24) is 9.55 Å². The van der Waals surface area contributed by atoms with E-state index in [0.717, 1.165) is 10.8 Å². The summed E-state index contributed by atoms with van der Waals surface area (Å²) in [6, 6.07) is 1.23. The third-order valence-electron chi connectivity index (χ3n) is 7.21. The number of nitrogen functional groups attached to an aromatic ring is 1. The van der Waals surface area contributed by atoms with Crippen LogP contribution in [0.15, 0.2) is 17.1 Å². The Balaban J connectivity index is 1.64. The monoisotopic (exact) mass is 689 g/mol. The smallest absolute Gasteiger partial charge is 0.475 e. The van der Waals surface area contributed by atoms with Crippen LogP contribution < -0.4 is 11.4 Å². The number of carbonyl (C=O) groups is 1. The molecule has 0 radical (unpaired) electrons. The Morgan fingerprint density at radius 3 is 2.62 bits per heavy atom. The summed E-state index contributed by atoms with van der Waals surface area (Å²) in [6.45, 7) is 1.61. The van der Waals surface area contributed by atoms with Crippen LogP contribution in [0, 0.1) is 5.92 Å². The summed E-state index contributed by atoms with van der Waals surface area (Å²) in [7, 11) is -3.88. The molecule has 11 atom stereocenters. The second kappa shape index (κ2) is 16.4. The maximum Gasteiger partial charge on any atom is 0.475 e. The molecule has 0 spiro atoms. The Bertz CT molecular complexity index is 1230. The Kier molecular flexibility index (Phi) is 13.7. The van der Waals surface area contributed by atoms with E-state index in [0.29, 0.717) is 25.6 Å². The number of methoxy groups -OCH3 is 1. The molecule has 4 unspecified atom stereocenters. The van der Waals surface area contributed by atoms with E-state index < -0.39 is 93.2 Å². The lowest BCUT2D eigenvalue weighted by Gasteiger charge is -2.45. The molecule has 3 rings (SSSR count). The van der Waals surface area contributed by atoms with E-state index in [2.05, 4.69) is 4.98 Å². The number of aromatic nitrogens is 2. The van der Waals surface area contributed by atoms with Gasteiger partial charge in [0, 0.05) is 37.2 Å². The molecule has 1 aromatic rings. The fourth-order valence-electron chi connectivity index (χ4n) is 4.65. The number of phosphoric ester groups is 1. The van der Waals surface area contributed by atoms with Crippen molar-refractivity contribution in [2.24, 2.45) is 5.92 Å². The molecule has 0 amide bonds. The fraction of sp³-hybridized carbons (Fsp3) is 0.792. The average molecular weight is 690 g/mol. The van der Waals surface area contributed by atoms with Gasteiger partial charge in [-0.1, -0.05) is 6.92 Å². The molecule has 2 saturated heterocycles. The lowest BCUT2D eigenvalue weighted by atomic mass is 9.85. The van der Waals surface area contributed by atoms with Crippen LogP contribution in [0.4, 0.5) is 5.82 Å². The molecule has 19 nitrogen and oxygen atoms in total. The van der Waals surface area contributed by atoms with Crippen molar-refractivity contribution in [3.05, 3.63) is 22.7 Å². The zero-order valence-corrected chi connectivity index (χ0v) is 26.1. The number of carboxylic acids is 1. The molecule has 0 aromatic carbocycles. The van der Waals surface area contributed by atoms with Crippen molar-refractivity contribution < 1.29 is 72.9 Å². The summed E-state index contributed by atoms with van der Waals surface area (Å²) in [5.74, 6) is -5.57. The summed E-state index contributed by atoms with van der Waals surface area (Å²) in [5, 5.41) is 62.7. The van der Waals surface area contributed by atoms with Crippen LogP contribution in [-0.2, 0) is 37.4 Å². The zero-order chi connectivity index (χ0) is 33.5. The third-order valence-corrected chi connectivity index (χ3v) is 9.24. The van der Waals surface area contributed by atoms with Crippen LogP contribution in [0.1, 0.15) is 19.6 Å². The van der Waals surface area contributed by atoms with Gasteiger partial charge in [-0.15, -0.1) is 0 Å². The molecule has 45 heavy (non-hydrogen) atoms. The van der Waals surface area contributed by atoms with E-state index >= 15 is 0 Å². The number of hydrogen-bond donors (Lipinski definition) is 8. The molecule has 1 aromatic heterocycles. The third kappa shape index (κ3) is 9.64. The molecule has 9 N–H and O–H groups in total. The van der Waals surface area contributed by atoms with Crippen molar-refractivity contribution in [3.8, 4) is 0 Å². The Hall–Kier alpha value is -1.75. The van der Waals surface area contributed by atoms with Gasteiger partial charge in [0.25, 0.3) is 5.79 Å². The highest BCUT2D eigenvalue weighted by Crippen LogP contribution is 2.52. The van der Waals surface area contributed by atoms with Crippen LogP contribution in [0.25, 0.3) is 0 Å². The number of aliphatic hydroxyl groups is 5. The van der Waals surface area contributed by atoms with Gasteiger partial charge in [0.2, 0.25) is 0 Å². The summed E-state index contributed by atoms with van der Waals surface area (Å²) < 4.78 is 44.6. The molecule has 2 aliphatic rings. The van der Waals surface area contributed by atoms with Crippen molar-refractivity contribution in [1.29, 1.82) is 0 Å². The van der Waals surface area contributed by atoms with Gasteiger partial charge in [-0.25, -0.2) is 18.7 Å². The Morgan fingerprint density at radius 1 is 1.27 bits per heavy atom. The van der Waals surface area contributed by atoms with Crippen molar-refractivity contribution in [3.63, 3.8) is 0 Å². The number of aliphatic hydroxyl groups excluding tert-OH is 5. The zero-order valence-electron chi connectivity index (χ0n) is 24.4. The first-order valence-corrected chi connectivity index (χ1v) is 16.4. The molecule has 0 saturated carbocycles. The molecule has 21 heteroatoms. The summed E-state index contributed by atoms with van der Waals surface area (Å²) in [5.41, 5.74) is 4.53. The van der Waals surface area contributed by atoms with Gasteiger partial charge in [0.1, 0.15) is 30.2 Å². The number of carboxylic acid groups (broad SMARTS) is 1. The molecule has 258 valence electrons. The van der Waals surface area contributed by atoms with Crippen LogP contribution in [-0.4, -0.2) is 145 Å². The number of aliphatic carboxylic acids is 1. The van der Waals surface area contributed by atoms with E-state index in [4.69, 9.17) is 33.7 Å². The number of nitrogens with zero attached hydrogens (tertiary/aromatic N) is 2. The van der Waals surface area contributed by atoms with E-state index in [9.17, 15) is 49.7 Å².